The standard InChI is InChI=1S/C13H12Cl2N4O/c1-7-4-10(14)18-13(15)12(7)19-11(20)5-9-3-2-8(16)6-17-9/h2-4,6H,5,16H2,1H3,(H,19,20). The molecule has 1 amide bonds. The first-order valence-electron chi connectivity index (χ1n) is 5.78. The number of pyridine rings is 2. The summed E-state index contributed by atoms with van der Waals surface area (Å²) in [6.45, 7) is 1.79. The molecule has 0 unspecified atom stereocenters. The fraction of sp³-hybridized carbons (Fsp3) is 0.154. The third kappa shape index (κ3) is 3.59. The smallest absolute Gasteiger partial charge is 0.230 e. The molecule has 0 atom stereocenters. The van der Waals surface area contributed by atoms with Crippen molar-refractivity contribution in [2.75, 3.05) is 11.1 Å². The number of rotatable bonds is 3. The molecule has 0 radical (unpaired) electrons. The topological polar surface area (TPSA) is 80.9 Å². The van der Waals surface area contributed by atoms with Crippen molar-refractivity contribution >= 4 is 40.5 Å². The SMILES string of the molecule is Cc1cc(Cl)nc(Cl)c1NC(=O)Cc1ccc(N)cn1. The average molecular weight is 311 g/mol. The highest BCUT2D eigenvalue weighted by Gasteiger charge is 2.12. The predicted molar refractivity (Wildman–Crippen MR) is 80.0 cm³/mol. The third-order valence-electron chi connectivity index (χ3n) is 2.59. The molecule has 2 aromatic rings. The number of nitrogens with two attached hydrogens (primary N) is 1. The van der Waals surface area contributed by atoms with Crippen molar-refractivity contribution in [3.63, 3.8) is 0 Å². The van der Waals surface area contributed by atoms with Gasteiger partial charge in [-0.15, -0.1) is 0 Å². The zero-order valence-electron chi connectivity index (χ0n) is 10.7. The predicted octanol–water partition coefficient (Wildman–Crippen LogP) is 2.86. The monoisotopic (exact) mass is 310 g/mol. The number of aryl methyl sites for hydroxylation is 1. The summed E-state index contributed by atoms with van der Waals surface area (Å²) in [5.74, 6) is -0.239. The maximum atomic E-state index is 12.0. The first kappa shape index (κ1) is 14.6. The van der Waals surface area contributed by atoms with Crippen LogP contribution in [0.2, 0.25) is 10.3 Å². The zero-order chi connectivity index (χ0) is 14.7. The lowest BCUT2D eigenvalue weighted by Crippen LogP contribution is -2.16. The molecular weight excluding hydrogens is 299 g/mol. The second-order valence-corrected chi connectivity index (χ2v) is 4.98. The van der Waals surface area contributed by atoms with Gasteiger partial charge in [0, 0.05) is 5.69 Å². The summed E-state index contributed by atoms with van der Waals surface area (Å²) in [5.41, 5.74) is 7.90. The lowest BCUT2D eigenvalue weighted by Gasteiger charge is -2.10. The summed E-state index contributed by atoms with van der Waals surface area (Å²) in [5, 5.41) is 3.15. The summed E-state index contributed by atoms with van der Waals surface area (Å²) in [4.78, 5) is 19.9. The molecule has 0 aliphatic carbocycles. The minimum absolute atomic E-state index is 0.124. The van der Waals surface area contributed by atoms with Gasteiger partial charge in [0.25, 0.3) is 0 Å². The van der Waals surface area contributed by atoms with E-state index < -0.39 is 0 Å². The number of hydrogen-bond donors (Lipinski definition) is 2. The summed E-state index contributed by atoms with van der Waals surface area (Å²) in [6, 6.07) is 5.02. The molecule has 2 aromatic heterocycles. The Labute approximate surface area is 126 Å². The van der Waals surface area contributed by atoms with Crippen LogP contribution in [0.5, 0.6) is 0 Å². The molecule has 0 saturated heterocycles. The van der Waals surface area contributed by atoms with E-state index >= 15 is 0 Å². The van der Waals surface area contributed by atoms with Crippen LogP contribution in [-0.4, -0.2) is 15.9 Å². The summed E-state index contributed by atoms with van der Waals surface area (Å²) in [6.07, 6.45) is 1.63. The van der Waals surface area contributed by atoms with Crippen LogP contribution in [0.15, 0.2) is 24.4 Å². The van der Waals surface area contributed by atoms with Crippen molar-refractivity contribution < 1.29 is 4.79 Å². The number of carbonyl (C=O) groups is 1. The van der Waals surface area contributed by atoms with Crippen LogP contribution in [0.1, 0.15) is 11.3 Å². The Hall–Kier alpha value is -1.85. The van der Waals surface area contributed by atoms with Crippen LogP contribution < -0.4 is 11.1 Å². The molecule has 7 heteroatoms. The molecule has 5 nitrogen and oxygen atoms in total. The van der Waals surface area contributed by atoms with Crippen LogP contribution in [0.25, 0.3) is 0 Å². The molecule has 0 bridgehead atoms. The number of halogens is 2. The Bertz CT molecular complexity index is 620. The quantitative estimate of drug-likeness (QED) is 0.854. The van der Waals surface area contributed by atoms with Gasteiger partial charge in [-0.2, -0.15) is 0 Å². The minimum Gasteiger partial charge on any atom is -0.397 e. The second kappa shape index (κ2) is 6.07. The number of nitrogens with one attached hydrogen (secondary N) is 1. The number of hydrogen-bond acceptors (Lipinski definition) is 4. The lowest BCUT2D eigenvalue weighted by molar-refractivity contribution is -0.115. The highest BCUT2D eigenvalue weighted by atomic mass is 35.5. The molecule has 2 rings (SSSR count). The number of amides is 1. The molecule has 0 spiro atoms. The summed E-state index contributed by atoms with van der Waals surface area (Å²) in [7, 11) is 0. The molecular formula is C13H12Cl2N4O. The summed E-state index contributed by atoms with van der Waals surface area (Å²) >= 11 is 11.7. The van der Waals surface area contributed by atoms with Gasteiger partial charge >= 0.3 is 0 Å². The minimum atomic E-state index is -0.239. The van der Waals surface area contributed by atoms with Crippen molar-refractivity contribution in [1.29, 1.82) is 0 Å². The molecule has 0 saturated carbocycles. The van der Waals surface area contributed by atoms with E-state index in [0.717, 1.165) is 5.56 Å². The van der Waals surface area contributed by atoms with Crippen LogP contribution in [0.3, 0.4) is 0 Å². The van der Waals surface area contributed by atoms with Gasteiger partial charge in [0.1, 0.15) is 5.15 Å². The molecule has 0 aromatic carbocycles. The fourth-order valence-corrected chi connectivity index (χ4v) is 2.21. The van der Waals surface area contributed by atoms with Crippen LogP contribution in [0, 0.1) is 6.92 Å². The van der Waals surface area contributed by atoms with Crippen molar-refractivity contribution in [2.24, 2.45) is 0 Å². The second-order valence-electron chi connectivity index (χ2n) is 4.24. The molecule has 104 valence electrons. The number of anilines is 2. The Balaban J connectivity index is 2.10. The normalized spacial score (nSPS) is 10.3. The fourth-order valence-electron chi connectivity index (χ4n) is 1.63. The van der Waals surface area contributed by atoms with Gasteiger partial charge in [0.05, 0.1) is 24.0 Å². The highest BCUT2D eigenvalue weighted by Crippen LogP contribution is 2.26. The Morgan fingerprint density at radius 2 is 2.15 bits per heavy atom. The number of aromatic nitrogens is 2. The summed E-state index contributed by atoms with van der Waals surface area (Å²) < 4.78 is 0. The third-order valence-corrected chi connectivity index (χ3v) is 3.06. The number of nitrogens with zero attached hydrogens (tertiary/aromatic N) is 2. The van der Waals surface area contributed by atoms with Crippen LogP contribution in [-0.2, 0) is 11.2 Å². The van der Waals surface area contributed by atoms with E-state index in [2.05, 4.69) is 15.3 Å². The van der Waals surface area contributed by atoms with Gasteiger partial charge in [-0.1, -0.05) is 23.2 Å². The Morgan fingerprint density at radius 1 is 1.40 bits per heavy atom. The van der Waals surface area contributed by atoms with E-state index in [0.29, 0.717) is 17.1 Å². The van der Waals surface area contributed by atoms with Crippen molar-refractivity contribution in [1.82, 2.24) is 9.97 Å². The van der Waals surface area contributed by atoms with Gasteiger partial charge in [0.15, 0.2) is 5.15 Å². The maximum absolute atomic E-state index is 12.0. The van der Waals surface area contributed by atoms with Crippen molar-refractivity contribution in [3.8, 4) is 0 Å². The molecule has 0 aliphatic heterocycles. The van der Waals surface area contributed by atoms with E-state index in [-0.39, 0.29) is 22.6 Å². The molecule has 0 fully saturated rings. The van der Waals surface area contributed by atoms with E-state index in [1.807, 2.05) is 0 Å². The van der Waals surface area contributed by atoms with Crippen LogP contribution in [0.4, 0.5) is 11.4 Å². The van der Waals surface area contributed by atoms with Crippen molar-refractivity contribution in [3.05, 3.63) is 46.0 Å². The van der Waals surface area contributed by atoms with Gasteiger partial charge in [0.2, 0.25) is 5.91 Å². The van der Waals surface area contributed by atoms with E-state index in [1.54, 1.807) is 25.1 Å². The van der Waals surface area contributed by atoms with Gasteiger partial charge in [-0.3, -0.25) is 9.78 Å². The highest BCUT2D eigenvalue weighted by molar-refractivity contribution is 6.34. The zero-order valence-corrected chi connectivity index (χ0v) is 12.2. The largest absolute Gasteiger partial charge is 0.397 e. The van der Waals surface area contributed by atoms with Gasteiger partial charge < -0.3 is 11.1 Å². The van der Waals surface area contributed by atoms with Gasteiger partial charge in [-0.25, -0.2) is 4.98 Å². The van der Waals surface area contributed by atoms with Crippen LogP contribution >= 0.6 is 23.2 Å². The van der Waals surface area contributed by atoms with Crippen molar-refractivity contribution in [2.45, 2.75) is 13.3 Å². The first-order chi connectivity index (χ1) is 9.45. The molecule has 0 aliphatic rings. The first-order valence-corrected chi connectivity index (χ1v) is 6.54. The molecule has 20 heavy (non-hydrogen) atoms. The van der Waals surface area contributed by atoms with Gasteiger partial charge in [-0.05, 0) is 30.7 Å². The number of nitrogen functional groups attached to an aromatic ring is 1. The van der Waals surface area contributed by atoms with E-state index in [9.17, 15) is 4.79 Å². The van der Waals surface area contributed by atoms with E-state index in [1.165, 1.54) is 6.20 Å². The Kier molecular flexibility index (Phi) is 4.42. The number of carbonyl (C=O) groups excluding carboxylic acids is 1. The Morgan fingerprint density at radius 3 is 2.75 bits per heavy atom. The molecule has 2 heterocycles. The van der Waals surface area contributed by atoms with E-state index in [4.69, 9.17) is 28.9 Å². The molecule has 3 N–H and O–H groups in total. The maximum Gasteiger partial charge on any atom is 0.230 e. The lowest BCUT2D eigenvalue weighted by atomic mass is 10.2. The average Bonchev–Trinajstić information content (AvgIpc) is 2.36.